The lowest BCUT2D eigenvalue weighted by molar-refractivity contribution is 0.0948. The fourth-order valence-electron chi connectivity index (χ4n) is 2.76. The molecule has 3 rings (SSSR count). The van der Waals surface area contributed by atoms with E-state index in [4.69, 9.17) is 9.47 Å². The number of rotatable bonds is 7. The van der Waals surface area contributed by atoms with Crippen molar-refractivity contribution in [2.24, 2.45) is 0 Å². The number of aromatic nitrogens is 2. The quantitative estimate of drug-likeness (QED) is 0.698. The summed E-state index contributed by atoms with van der Waals surface area (Å²) in [6, 6.07) is 15.3. The van der Waals surface area contributed by atoms with Crippen molar-refractivity contribution in [3.05, 3.63) is 71.5 Å². The van der Waals surface area contributed by atoms with Crippen LogP contribution in [0.1, 0.15) is 21.6 Å². The van der Waals surface area contributed by atoms with E-state index in [0.29, 0.717) is 18.0 Å². The standard InChI is InChI=1S/C21H23N3O3/c1-15-4-9-20(27-3)19(14-15)24-13-11-18(23-24)21(25)22-12-10-16-5-7-17(26-2)8-6-16/h4-9,11,13-14H,10,12H2,1-3H3,(H,22,25). The summed E-state index contributed by atoms with van der Waals surface area (Å²) in [4.78, 5) is 12.4. The molecule has 0 aliphatic heterocycles. The van der Waals surface area contributed by atoms with E-state index in [1.165, 1.54) is 0 Å². The summed E-state index contributed by atoms with van der Waals surface area (Å²) >= 11 is 0. The summed E-state index contributed by atoms with van der Waals surface area (Å²) in [7, 11) is 3.26. The van der Waals surface area contributed by atoms with Gasteiger partial charge in [0.15, 0.2) is 5.69 Å². The number of ether oxygens (including phenoxy) is 2. The zero-order valence-corrected chi connectivity index (χ0v) is 15.7. The highest BCUT2D eigenvalue weighted by Crippen LogP contribution is 2.23. The lowest BCUT2D eigenvalue weighted by Gasteiger charge is -2.09. The van der Waals surface area contributed by atoms with Crippen molar-refractivity contribution in [2.75, 3.05) is 20.8 Å². The van der Waals surface area contributed by atoms with Crippen molar-refractivity contribution in [1.29, 1.82) is 0 Å². The van der Waals surface area contributed by atoms with Gasteiger partial charge in [-0.05, 0) is 54.8 Å². The fraction of sp³-hybridized carbons (Fsp3) is 0.238. The van der Waals surface area contributed by atoms with E-state index in [1.807, 2.05) is 49.4 Å². The lowest BCUT2D eigenvalue weighted by Crippen LogP contribution is -2.26. The van der Waals surface area contributed by atoms with E-state index < -0.39 is 0 Å². The highest BCUT2D eigenvalue weighted by molar-refractivity contribution is 5.92. The van der Waals surface area contributed by atoms with E-state index in [9.17, 15) is 4.79 Å². The number of amides is 1. The molecule has 0 bridgehead atoms. The Kier molecular flexibility index (Phi) is 5.76. The van der Waals surface area contributed by atoms with Gasteiger partial charge < -0.3 is 14.8 Å². The first kappa shape index (κ1) is 18.5. The van der Waals surface area contributed by atoms with Gasteiger partial charge in [-0.15, -0.1) is 0 Å². The molecule has 1 amide bonds. The number of nitrogens with one attached hydrogen (secondary N) is 1. The fourth-order valence-corrected chi connectivity index (χ4v) is 2.76. The third-order valence-electron chi connectivity index (χ3n) is 4.26. The Hall–Kier alpha value is -3.28. The molecule has 3 aromatic rings. The molecule has 140 valence electrons. The number of benzene rings is 2. The minimum atomic E-state index is -0.200. The maximum absolute atomic E-state index is 12.4. The van der Waals surface area contributed by atoms with Crippen molar-refractivity contribution in [1.82, 2.24) is 15.1 Å². The second-order valence-electron chi connectivity index (χ2n) is 6.17. The number of aryl methyl sites for hydroxylation is 1. The van der Waals surface area contributed by atoms with Gasteiger partial charge in [-0.1, -0.05) is 18.2 Å². The van der Waals surface area contributed by atoms with Gasteiger partial charge in [-0.25, -0.2) is 4.68 Å². The number of carbonyl (C=O) groups excluding carboxylic acids is 1. The molecule has 6 heteroatoms. The molecule has 0 spiro atoms. The molecule has 2 aromatic carbocycles. The molecule has 0 aliphatic rings. The second kappa shape index (κ2) is 8.40. The van der Waals surface area contributed by atoms with Crippen LogP contribution in [-0.2, 0) is 6.42 Å². The Bertz CT molecular complexity index is 917. The molecule has 0 fully saturated rings. The van der Waals surface area contributed by atoms with E-state index in [-0.39, 0.29) is 5.91 Å². The topological polar surface area (TPSA) is 65.4 Å². The van der Waals surface area contributed by atoms with Gasteiger partial charge in [0.2, 0.25) is 0 Å². The average Bonchev–Trinajstić information content (AvgIpc) is 3.18. The largest absolute Gasteiger partial charge is 0.497 e. The molecule has 0 atom stereocenters. The lowest BCUT2D eigenvalue weighted by atomic mass is 10.1. The summed E-state index contributed by atoms with van der Waals surface area (Å²) in [5.41, 5.74) is 3.39. The molecule has 0 aliphatic carbocycles. The predicted octanol–water partition coefficient (Wildman–Crippen LogP) is 3.17. The Balaban J connectivity index is 1.62. The normalized spacial score (nSPS) is 10.5. The molecule has 1 heterocycles. The van der Waals surface area contributed by atoms with Crippen LogP contribution in [0.4, 0.5) is 0 Å². The molecule has 6 nitrogen and oxygen atoms in total. The zero-order valence-electron chi connectivity index (χ0n) is 15.7. The summed E-state index contributed by atoms with van der Waals surface area (Å²) < 4.78 is 12.2. The molecule has 0 saturated heterocycles. The predicted molar refractivity (Wildman–Crippen MR) is 104 cm³/mol. The third kappa shape index (κ3) is 4.47. The first-order chi connectivity index (χ1) is 13.1. The first-order valence-corrected chi connectivity index (χ1v) is 8.72. The zero-order chi connectivity index (χ0) is 19.2. The number of hydrogen-bond donors (Lipinski definition) is 1. The molecule has 0 unspecified atom stereocenters. The number of carbonyl (C=O) groups is 1. The van der Waals surface area contributed by atoms with Crippen LogP contribution in [0.25, 0.3) is 5.69 Å². The highest BCUT2D eigenvalue weighted by Gasteiger charge is 2.12. The van der Waals surface area contributed by atoms with Gasteiger partial charge in [0.05, 0.1) is 14.2 Å². The van der Waals surface area contributed by atoms with Crippen molar-refractivity contribution in [3.8, 4) is 17.2 Å². The van der Waals surface area contributed by atoms with Crippen LogP contribution in [0, 0.1) is 6.92 Å². The van der Waals surface area contributed by atoms with E-state index in [2.05, 4.69) is 10.4 Å². The Morgan fingerprint density at radius 1 is 1.07 bits per heavy atom. The van der Waals surface area contributed by atoms with Gasteiger partial charge >= 0.3 is 0 Å². The van der Waals surface area contributed by atoms with Crippen LogP contribution < -0.4 is 14.8 Å². The minimum absolute atomic E-state index is 0.200. The van der Waals surface area contributed by atoms with Crippen LogP contribution in [-0.4, -0.2) is 36.5 Å². The summed E-state index contributed by atoms with van der Waals surface area (Å²) in [6.45, 7) is 2.53. The first-order valence-electron chi connectivity index (χ1n) is 8.72. The maximum atomic E-state index is 12.4. The highest BCUT2D eigenvalue weighted by atomic mass is 16.5. The summed E-state index contributed by atoms with van der Waals surface area (Å²) in [5.74, 6) is 1.32. The van der Waals surface area contributed by atoms with Gasteiger partial charge in [-0.2, -0.15) is 5.10 Å². The molecular formula is C21H23N3O3. The van der Waals surface area contributed by atoms with Crippen molar-refractivity contribution in [2.45, 2.75) is 13.3 Å². The van der Waals surface area contributed by atoms with Crippen LogP contribution in [0.15, 0.2) is 54.7 Å². The monoisotopic (exact) mass is 365 g/mol. The summed E-state index contributed by atoms with van der Waals surface area (Å²) in [6.07, 6.45) is 2.50. The number of hydrogen-bond acceptors (Lipinski definition) is 4. The van der Waals surface area contributed by atoms with Gasteiger partial charge in [-0.3, -0.25) is 4.79 Å². The van der Waals surface area contributed by atoms with Crippen LogP contribution in [0.3, 0.4) is 0 Å². The maximum Gasteiger partial charge on any atom is 0.271 e. The van der Waals surface area contributed by atoms with Crippen LogP contribution >= 0.6 is 0 Å². The second-order valence-corrected chi connectivity index (χ2v) is 6.17. The van der Waals surface area contributed by atoms with Gasteiger partial charge in [0.25, 0.3) is 5.91 Å². The molecular weight excluding hydrogens is 342 g/mol. The SMILES string of the molecule is COc1ccc(CCNC(=O)c2ccn(-c3cc(C)ccc3OC)n2)cc1. The Morgan fingerprint density at radius 3 is 2.56 bits per heavy atom. The number of methoxy groups -OCH3 is 2. The molecule has 0 radical (unpaired) electrons. The number of nitrogens with zero attached hydrogens (tertiary/aromatic N) is 2. The molecule has 1 aromatic heterocycles. The van der Waals surface area contributed by atoms with Gasteiger partial charge in [0, 0.05) is 12.7 Å². The molecule has 0 saturated carbocycles. The minimum Gasteiger partial charge on any atom is -0.497 e. The van der Waals surface area contributed by atoms with Crippen molar-refractivity contribution < 1.29 is 14.3 Å². The van der Waals surface area contributed by atoms with Crippen LogP contribution in [0.2, 0.25) is 0 Å². The van der Waals surface area contributed by atoms with Gasteiger partial charge in [0.1, 0.15) is 17.2 Å². The molecule has 1 N–H and O–H groups in total. The average molecular weight is 365 g/mol. The van der Waals surface area contributed by atoms with E-state index in [0.717, 1.165) is 29.0 Å². The van der Waals surface area contributed by atoms with Crippen molar-refractivity contribution >= 4 is 5.91 Å². The van der Waals surface area contributed by atoms with Crippen molar-refractivity contribution in [3.63, 3.8) is 0 Å². The molecule has 27 heavy (non-hydrogen) atoms. The third-order valence-corrected chi connectivity index (χ3v) is 4.26. The van der Waals surface area contributed by atoms with E-state index >= 15 is 0 Å². The Labute approximate surface area is 158 Å². The Morgan fingerprint density at radius 2 is 1.85 bits per heavy atom. The van der Waals surface area contributed by atoms with Crippen LogP contribution in [0.5, 0.6) is 11.5 Å². The van der Waals surface area contributed by atoms with E-state index in [1.54, 1.807) is 31.2 Å². The smallest absolute Gasteiger partial charge is 0.271 e. The summed E-state index contributed by atoms with van der Waals surface area (Å²) in [5, 5.41) is 7.29.